The molecular weight excluding hydrogens is 428 g/mol. The minimum Gasteiger partial charge on any atom is -0.367 e. The van der Waals surface area contributed by atoms with Crippen LogP contribution in [-0.4, -0.2) is 44.4 Å². The van der Waals surface area contributed by atoms with Gasteiger partial charge in [0.1, 0.15) is 5.82 Å². The van der Waals surface area contributed by atoms with Gasteiger partial charge in [-0.3, -0.25) is 19.7 Å². The van der Waals surface area contributed by atoms with E-state index in [9.17, 15) is 14.4 Å². The van der Waals surface area contributed by atoms with Crippen LogP contribution in [0, 0.1) is 0 Å². The van der Waals surface area contributed by atoms with Crippen molar-refractivity contribution in [2.45, 2.75) is 44.2 Å². The minimum absolute atomic E-state index is 0.0483. The second kappa shape index (κ2) is 7.27. The summed E-state index contributed by atoms with van der Waals surface area (Å²) in [5, 5.41) is 15.2. The summed E-state index contributed by atoms with van der Waals surface area (Å²) in [7, 11) is 0. The molecule has 0 radical (unpaired) electrons. The quantitative estimate of drug-likeness (QED) is 0.394. The Morgan fingerprint density at radius 1 is 1.19 bits per heavy atom. The average molecular weight is 449 g/mol. The van der Waals surface area contributed by atoms with Crippen LogP contribution in [0.5, 0.6) is 0 Å². The molecule has 3 aromatic rings. The van der Waals surface area contributed by atoms with E-state index in [-0.39, 0.29) is 24.1 Å². The van der Waals surface area contributed by atoms with Gasteiger partial charge in [-0.15, -0.1) is 11.3 Å². The second-order valence-corrected chi connectivity index (χ2v) is 9.36. The summed E-state index contributed by atoms with van der Waals surface area (Å²) < 4.78 is 1.72. The Labute approximate surface area is 186 Å². The molecule has 6 rings (SSSR count). The molecule has 9 nitrogen and oxygen atoms in total. The topological polar surface area (TPSA) is 117 Å². The first-order valence-electron chi connectivity index (χ1n) is 10.6. The normalized spacial score (nSPS) is 19.6. The molecule has 162 valence electrons. The van der Waals surface area contributed by atoms with Gasteiger partial charge in [-0.25, -0.2) is 4.98 Å². The zero-order valence-corrected chi connectivity index (χ0v) is 17.9. The van der Waals surface area contributed by atoms with Crippen molar-refractivity contribution in [3.8, 4) is 11.3 Å². The van der Waals surface area contributed by atoms with Crippen molar-refractivity contribution < 1.29 is 14.4 Å². The number of hydrogen-bond donors (Lipinski definition) is 3. The third kappa shape index (κ3) is 3.66. The molecule has 3 N–H and O–H groups in total. The van der Waals surface area contributed by atoms with Crippen LogP contribution < -0.4 is 16.0 Å². The third-order valence-electron chi connectivity index (χ3n) is 5.69. The molecule has 0 bridgehead atoms. The first-order valence-corrected chi connectivity index (χ1v) is 11.5. The zero-order valence-electron chi connectivity index (χ0n) is 17.1. The summed E-state index contributed by atoms with van der Waals surface area (Å²) in [6.07, 6.45) is 7.65. The van der Waals surface area contributed by atoms with Crippen LogP contribution in [-0.2, 0) is 9.59 Å². The van der Waals surface area contributed by atoms with Gasteiger partial charge in [0.05, 0.1) is 23.2 Å². The van der Waals surface area contributed by atoms with Gasteiger partial charge in [-0.05, 0) is 37.8 Å². The van der Waals surface area contributed by atoms with Gasteiger partial charge in [-0.1, -0.05) is 0 Å². The highest BCUT2D eigenvalue weighted by atomic mass is 32.1. The van der Waals surface area contributed by atoms with Crippen LogP contribution >= 0.6 is 11.3 Å². The third-order valence-corrected chi connectivity index (χ3v) is 6.61. The molecule has 1 saturated heterocycles. The number of imide groups is 1. The summed E-state index contributed by atoms with van der Waals surface area (Å²) in [6, 6.07) is 4.50. The molecule has 0 spiro atoms. The molecule has 3 aliphatic rings. The second-order valence-electron chi connectivity index (χ2n) is 8.45. The number of hydrogen-bond acceptors (Lipinski definition) is 7. The molecule has 3 aromatic heterocycles. The first-order chi connectivity index (χ1) is 15.5. The lowest BCUT2D eigenvalue weighted by Crippen LogP contribution is -2.24. The smallest absolute Gasteiger partial charge is 0.261 e. The number of aromatic nitrogens is 3. The van der Waals surface area contributed by atoms with Crippen molar-refractivity contribution in [1.29, 1.82) is 0 Å². The number of thiophene rings is 1. The summed E-state index contributed by atoms with van der Waals surface area (Å²) in [5.74, 6) is 0.0656. The highest BCUT2D eigenvalue weighted by Crippen LogP contribution is 2.31. The highest BCUT2D eigenvalue weighted by Gasteiger charge is 2.27. The number of carbonyl (C=O) groups is 3. The predicted octanol–water partition coefficient (Wildman–Crippen LogP) is 2.35. The number of amides is 3. The standard InChI is InChI=1S/C22H20N6O3S/c29-19-7-11(21(30)27-19)5-12-9-23-28-18(24-14-1-2-14)8-16(26-20(12)28)13-6-17(32-10-13)22(31)25-15-3-4-15/h5-6,8-10,14-15,24H,1-4,7H2,(H,25,31)(H,27,29,30)/b11-5+. The van der Waals surface area contributed by atoms with E-state index in [0.29, 0.717) is 33.7 Å². The molecular formula is C22H20N6O3S. The van der Waals surface area contributed by atoms with Crippen LogP contribution in [0.15, 0.2) is 29.3 Å². The Balaban J connectivity index is 1.40. The van der Waals surface area contributed by atoms with E-state index in [1.807, 2.05) is 17.5 Å². The summed E-state index contributed by atoms with van der Waals surface area (Å²) in [6.45, 7) is 0. The molecule has 2 aliphatic carbocycles. The number of nitrogens with zero attached hydrogens (tertiary/aromatic N) is 3. The first kappa shape index (κ1) is 19.2. The van der Waals surface area contributed by atoms with Crippen molar-refractivity contribution in [3.05, 3.63) is 39.7 Å². The van der Waals surface area contributed by atoms with Gasteiger partial charge in [0, 0.05) is 40.2 Å². The summed E-state index contributed by atoms with van der Waals surface area (Å²) in [4.78, 5) is 41.4. The average Bonchev–Trinajstić information content (AvgIpc) is 3.63. The Kier molecular flexibility index (Phi) is 4.35. The number of nitrogens with one attached hydrogen (secondary N) is 3. The van der Waals surface area contributed by atoms with Crippen LogP contribution in [0.4, 0.5) is 5.82 Å². The summed E-state index contributed by atoms with van der Waals surface area (Å²) >= 11 is 1.40. The maximum Gasteiger partial charge on any atom is 0.261 e. The van der Waals surface area contributed by atoms with E-state index in [1.54, 1.807) is 16.8 Å². The molecule has 1 aliphatic heterocycles. The van der Waals surface area contributed by atoms with Crippen molar-refractivity contribution in [3.63, 3.8) is 0 Å². The SMILES string of the molecule is O=C1C/C(=C\c2cnn3c(NC4CC4)cc(-c4csc(C(=O)NC5CC5)c4)nc23)C(=O)N1. The lowest BCUT2D eigenvalue weighted by Gasteiger charge is -2.09. The lowest BCUT2D eigenvalue weighted by molar-refractivity contribution is -0.124. The van der Waals surface area contributed by atoms with Crippen molar-refractivity contribution >= 4 is 46.6 Å². The summed E-state index contributed by atoms with van der Waals surface area (Å²) in [5.41, 5.74) is 3.21. The molecule has 10 heteroatoms. The number of carbonyl (C=O) groups excluding carboxylic acids is 3. The Morgan fingerprint density at radius 2 is 2.00 bits per heavy atom. The van der Waals surface area contributed by atoms with E-state index in [4.69, 9.17) is 4.98 Å². The van der Waals surface area contributed by atoms with Crippen molar-refractivity contribution in [2.24, 2.45) is 0 Å². The van der Waals surface area contributed by atoms with Crippen molar-refractivity contribution in [2.75, 3.05) is 5.32 Å². The Bertz CT molecular complexity index is 1310. The number of fused-ring (bicyclic) bond motifs is 1. The molecule has 0 aromatic carbocycles. The molecule has 0 unspecified atom stereocenters. The van der Waals surface area contributed by atoms with Crippen LogP contribution in [0.25, 0.3) is 23.0 Å². The van der Waals surface area contributed by atoms with Crippen LogP contribution in [0.2, 0.25) is 0 Å². The Hall–Kier alpha value is -3.53. The van der Waals surface area contributed by atoms with Gasteiger partial charge in [0.25, 0.3) is 11.8 Å². The molecule has 32 heavy (non-hydrogen) atoms. The van der Waals surface area contributed by atoms with E-state index in [0.717, 1.165) is 42.8 Å². The molecule has 3 amide bonds. The van der Waals surface area contributed by atoms with E-state index < -0.39 is 0 Å². The van der Waals surface area contributed by atoms with Crippen LogP contribution in [0.1, 0.15) is 47.3 Å². The van der Waals surface area contributed by atoms with E-state index in [2.05, 4.69) is 21.0 Å². The molecule has 3 fully saturated rings. The molecule has 4 heterocycles. The maximum absolute atomic E-state index is 12.4. The fourth-order valence-corrected chi connectivity index (χ4v) is 4.46. The van der Waals surface area contributed by atoms with E-state index >= 15 is 0 Å². The largest absolute Gasteiger partial charge is 0.367 e. The van der Waals surface area contributed by atoms with E-state index in [1.165, 1.54) is 11.3 Å². The zero-order chi connectivity index (χ0) is 21.8. The fraction of sp³-hybridized carbons (Fsp3) is 0.318. The van der Waals surface area contributed by atoms with Crippen LogP contribution in [0.3, 0.4) is 0 Å². The fourth-order valence-electron chi connectivity index (χ4n) is 3.65. The predicted molar refractivity (Wildman–Crippen MR) is 119 cm³/mol. The Morgan fingerprint density at radius 3 is 2.72 bits per heavy atom. The van der Waals surface area contributed by atoms with Gasteiger partial charge in [0.15, 0.2) is 5.65 Å². The highest BCUT2D eigenvalue weighted by molar-refractivity contribution is 7.12. The molecule has 2 saturated carbocycles. The lowest BCUT2D eigenvalue weighted by atomic mass is 10.1. The van der Waals surface area contributed by atoms with Gasteiger partial charge < -0.3 is 10.6 Å². The maximum atomic E-state index is 12.4. The van der Waals surface area contributed by atoms with Gasteiger partial charge >= 0.3 is 0 Å². The number of rotatable bonds is 6. The minimum atomic E-state index is -0.383. The van der Waals surface area contributed by atoms with Crippen molar-refractivity contribution in [1.82, 2.24) is 25.2 Å². The number of anilines is 1. The monoisotopic (exact) mass is 448 g/mol. The van der Waals surface area contributed by atoms with Gasteiger partial charge in [-0.2, -0.15) is 9.61 Å². The molecule has 0 atom stereocenters. The van der Waals surface area contributed by atoms with Gasteiger partial charge in [0.2, 0.25) is 5.91 Å².